The number of ether oxygens (including phenoxy) is 2. The second-order valence-electron chi connectivity index (χ2n) is 7.34. The van der Waals surface area contributed by atoms with E-state index in [-0.39, 0.29) is 18.2 Å². The number of likely N-dealkylation sites (N-methyl/N-ethyl adjacent to an activating group) is 1. The maximum atomic E-state index is 12.8. The second-order valence-corrected chi connectivity index (χ2v) is 7.34. The van der Waals surface area contributed by atoms with Crippen molar-refractivity contribution in [2.75, 3.05) is 60.5 Å². The smallest absolute Gasteiger partial charge is 0.237 e. The van der Waals surface area contributed by atoms with Crippen LogP contribution in [-0.2, 0) is 16.1 Å². The lowest BCUT2D eigenvalue weighted by molar-refractivity contribution is -0.140. The highest BCUT2D eigenvalue weighted by Crippen LogP contribution is 2.27. The van der Waals surface area contributed by atoms with Crippen LogP contribution in [-0.4, -0.2) is 93.1 Å². The van der Waals surface area contributed by atoms with E-state index < -0.39 is 6.04 Å². The predicted octanol–water partition coefficient (Wildman–Crippen LogP) is 0.168. The third-order valence-electron chi connectivity index (χ3n) is 5.53. The Balaban J connectivity index is 1.70. The van der Waals surface area contributed by atoms with Crippen molar-refractivity contribution in [2.45, 2.75) is 19.0 Å². The van der Waals surface area contributed by atoms with Crippen molar-refractivity contribution in [1.82, 2.24) is 20.0 Å². The van der Waals surface area contributed by atoms with Gasteiger partial charge < -0.3 is 24.6 Å². The van der Waals surface area contributed by atoms with E-state index in [0.717, 1.165) is 43.2 Å². The minimum Gasteiger partial charge on any atom is -0.497 e. The molecule has 1 N–H and O–H groups in total. The zero-order chi connectivity index (χ0) is 20.1. The fourth-order valence-corrected chi connectivity index (χ4v) is 3.72. The number of benzene rings is 1. The number of nitrogens with zero attached hydrogens (tertiary/aromatic N) is 3. The standard InChI is InChI=1S/C20H30N4O4/c1-22-8-10-23(11-9-22)19(25)13-17-20(26)21-6-7-24(17)14-15-4-5-16(27-2)12-18(15)28-3/h4-5,12,17H,6-11,13-14H2,1-3H3,(H,21,26)/t17-/m0/s1. The van der Waals surface area contributed by atoms with Gasteiger partial charge in [0.15, 0.2) is 0 Å². The monoisotopic (exact) mass is 390 g/mol. The van der Waals surface area contributed by atoms with E-state index in [9.17, 15) is 9.59 Å². The number of carbonyl (C=O) groups excluding carboxylic acids is 2. The lowest BCUT2D eigenvalue weighted by atomic mass is 10.1. The highest BCUT2D eigenvalue weighted by atomic mass is 16.5. The number of hydrogen-bond donors (Lipinski definition) is 1. The molecule has 2 fully saturated rings. The molecular formula is C20H30N4O4. The Morgan fingerprint density at radius 1 is 1.14 bits per heavy atom. The van der Waals surface area contributed by atoms with Crippen LogP contribution in [0.4, 0.5) is 0 Å². The molecule has 0 aliphatic carbocycles. The van der Waals surface area contributed by atoms with Crippen LogP contribution < -0.4 is 14.8 Å². The Kier molecular flexibility index (Phi) is 6.74. The summed E-state index contributed by atoms with van der Waals surface area (Å²) in [7, 11) is 5.29. The van der Waals surface area contributed by atoms with E-state index in [0.29, 0.717) is 19.6 Å². The molecule has 0 radical (unpaired) electrons. The highest BCUT2D eigenvalue weighted by Gasteiger charge is 2.33. The summed E-state index contributed by atoms with van der Waals surface area (Å²) in [6, 6.07) is 5.20. The zero-order valence-corrected chi connectivity index (χ0v) is 16.9. The van der Waals surface area contributed by atoms with Crippen LogP contribution in [0.5, 0.6) is 11.5 Å². The first-order valence-corrected chi connectivity index (χ1v) is 9.70. The fraction of sp³-hybridized carbons (Fsp3) is 0.600. The van der Waals surface area contributed by atoms with Crippen molar-refractivity contribution in [3.05, 3.63) is 23.8 Å². The van der Waals surface area contributed by atoms with Gasteiger partial charge in [0.2, 0.25) is 11.8 Å². The highest BCUT2D eigenvalue weighted by molar-refractivity contribution is 5.88. The molecule has 0 spiro atoms. The quantitative estimate of drug-likeness (QED) is 0.746. The number of rotatable bonds is 6. The summed E-state index contributed by atoms with van der Waals surface area (Å²) in [5, 5.41) is 2.90. The molecule has 0 bridgehead atoms. The van der Waals surface area contributed by atoms with Crippen LogP contribution >= 0.6 is 0 Å². The largest absolute Gasteiger partial charge is 0.497 e. The fourth-order valence-electron chi connectivity index (χ4n) is 3.72. The first kappa shape index (κ1) is 20.4. The van der Waals surface area contributed by atoms with Gasteiger partial charge in [0.05, 0.1) is 26.7 Å². The molecule has 1 aromatic carbocycles. The first-order chi connectivity index (χ1) is 13.5. The van der Waals surface area contributed by atoms with Gasteiger partial charge in [-0.2, -0.15) is 0 Å². The van der Waals surface area contributed by atoms with Gasteiger partial charge in [-0.25, -0.2) is 0 Å². The summed E-state index contributed by atoms with van der Waals surface area (Å²) in [6.07, 6.45) is 0.202. The molecule has 0 saturated carbocycles. The molecule has 1 atom stereocenters. The zero-order valence-electron chi connectivity index (χ0n) is 16.9. The Bertz CT molecular complexity index is 703. The molecular weight excluding hydrogens is 360 g/mol. The van der Waals surface area contributed by atoms with E-state index in [1.807, 2.05) is 23.1 Å². The van der Waals surface area contributed by atoms with Crippen LogP contribution in [0.15, 0.2) is 18.2 Å². The average Bonchev–Trinajstić information content (AvgIpc) is 2.71. The second kappa shape index (κ2) is 9.25. The van der Waals surface area contributed by atoms with Gasteiger partial charge in [0.1, 0.15) is 11.5 Å². The van der Waals surface area contributed by atoms with Gasteiger partial charge >= 0.3 is 0 Å². The lowest BCUT2D eigenvalue weighted by Crippen LogP contribution is -2.57. The topological polar surface area (TPSA) is 74.4 Å². The van der Waals surface area contributed by atoms with E-state index >= 15 is 0 Å². The molecule has 0 unspecified atom stereocenters. The minimum atomic E-state index is -0.465. The van der Waals surface area contributed by atoms with Crippen molar-refractivity contribution < 1.29 is 19.1 Å². The molecule has 1 aromatic rings. The Morgan fingerprint density at radius 2 is 1.89 bits per heavy atom. The third-order valence-corrected chi connectivity index (χ3v) is 5.53. The molecule has 2 heterocycles. The van der Waals surface area contributed by atoms with E-state index in [2.05, 4.69) is 22.2 Å². The van der Waals surface area contributed by atoms with Crippen LogP contribution in [0.3, 0.4) is 0 Å². The number of amides is 2. The number of methoxy groups -OCH3 is 2. The average molecular weight is 390 g/mol. The Morgan fingerprint density at radius 3 is 2.57 bits per heavy atom. The molecule has 28 heavy (non-hydrogen) atoms. The number of piperazine rings is 2. The maximum Gasteiger partial charge on any atom is 0.237 e. The minimum absolute atomic E-state index is 0.0434. The normalized spacial score (nSPS) is 21.3. The van der Waals surface area contributed by atoms with Crippen molar-refractivity contribution in [1.29, 1.82) is 0 Å². The summed E-state index contributed by atoms with van der Waals surface area (Å²) in [6.45, 7) is 5.00. The number of carbonyl (C=O) groups is 2. The summed E-state index contributed by atoms with van der Waals surface area (Å²) < 4.78 is 10.7. The van der Waals surface area contributed by atoms with Crippen molar-refractivity contribution in [3.63, 3.8) is 0 Å². The molecule has 8 nitrogen and oxygen atoms in total. The number of nitrogens with one attached hydrogen (secondary N) is 1. The van der Waals surface area contributed by atoms with Gasteiger partial charge in [-0.15, -0.1) is 0 Å². The molecule has 2 amide bonds. The van der Waals surface area contributed by atoms with Crippen LogP contribution in [0.2, 0.25) is 0 Å². The van der Waals surface area contributed by atoms with Gasteiger partial charge in [0.25, 0.3) is 0 Å². The Hall–Kier alpha value is -2.32. The van der Waals surface area contributed by atoms with Crippen molar-refractivity contribution in [3.8, 4) is 11.5 Å². The Labute approximate surface area is 166 Å². The van der Waals surface area contributed by atoms with Gasteiger partial charge in [-0.3, -0.25) is 14.5 Å². The summed E-state index contributed by atoms with van der Waals surface area (Å²) in [4.78, 5) is 31.5. The molecule has 0 aromatic heterocycles. The molecule has 3 rings (SSSR count). The van der Waals surface area contributed by atoms with Crippen LogP contribution in [0.1, 0.15) is 12.0 Å². The predicted molar refractivity (Wildman–Crippen MR) is 105 cm³/mol. The summed E-state index contributed by atoms with van der Waals surface area (Å²) in [5.74, 6) is 1.40. The molecule has 154 valence electrons. The summed E-state index contributed by atoms with van der Waals surface area (Å²) >= 11 is 0. The van der Waals surface area contributed by atoms with Gasteiger partial charge in [-0.05, 0) is 13.1 Å². The van der Waals surface area contributed by atoms with E-state index in [1.165, 1.54) is 0 Å². The maximum absolute atomic E-state index is 12.8. The molecule has 2 saturated heterocycles. The SMILES string of the molecule is COc1ccc(CN2CCNC(=O)[C@@H]2CC(=O)N2CCN(C)CC2)c(OC)c1. The van der Waals surface area contributed by atoms with Gasteiger partial charge in [-0.1, -0.05) is 6.07 Å². The lowest BCUT2D eigenvalue weighted by Gasteiger charge is -2.37. The molecule has 2 aliphatic rings. The van der Waals surface area contributed by atoms with Gasteiger partial charge in [0, 0.05) is 57.4 Å². The molecule has 2 aliphatic heterocycles. The van der Waals surface area contributed by atoms with E-state index in [1.54, 1.807) is 14.2 Å². The number of hydrogen-bond acceptors (Lipinski definition) is 6. The van der Waals surface area contributed by atoms with Crippen molar-refractivity contribution in [2.24, 2.45) is 0 Å². The third kappa shape index (κ3) is 4.74. The van der Waals surface area contributed by atoms with Crippen molar-refractivity contribution >= 4 is 11.8 Å². The van der Waals surface area contributed by atoms with Crippen LogP contribution in [0.25, 0.3) is 0 Å². The first-order valence-electron chi connectivity index (χ1n) is 9.70. The summed E-state index contributed by atoms with van der Waals surface area (Å²) in [5.41, 5.74) is 0.968. The van der Waals surface area contributed by atoms with Crippen LogP contribution in [0, 0.1) is 0 Å². The molecule has 8 heteroatoms. The van der Waals surface area contributed by atoms with E-state index in [4.69, 9.17) is 9.47 Å².